The zero-order valence-electron chi connectivity index (χ0n) is 8.95. The first-order valence-corrected chi connectivity index (χ1v) is 4.71. The Labute approximate surface area is 96.0 Å². The highest BCUT2D eigenvalue weighted by atomic mass is 16.6. The highest BCUT2D eigenvalue weighted by Crippen LogP contribution is 2.21. The number of methoxy groups -OCH3 is 1. The standard InChI is InChI=1S/C10H8N4O3/c1-17-6-13-9-3-2-7(14(15)16)4-8(9)12-10(13)5-11/h2-4H,6H2,1H3. The lowest BCUT2D eigenvalue weighted by Crippen LogP contribution is -2.02. The van der Waals surface area contributed by atoms with Gasteiger partial charge in [-0.2, -0.15) is 5.26 Å². The van der Waals surface area contributed by atoms with E-state index in [0.29, 0.717) is 11.0 Å². The summed E-state index contributed by atoms with van der Waals surface area (Å²) in [5.41, 5.74) is 0.992. The minimum absolute atomic E-state index is 0.0518. The van der Waals surface area contributed by atoms with E-state index in [0.717, 1.165) is 0 Å². The molecule has 2 aromatic rings. The van der Waals surface area contributed by atoms with Crippen molar-refractivity contribution in [3.05, 3.63) is 34.1 Å². The molecule has 1 aromatic heterocycles. The third-order valence-corrected chi connectivity index (χ3v) is 2.30. The molecule has 0 saturated heterocycles. The number of fused-ring (bicyclic) bond motifs is 1. The van der Waals surface area contributed by atoms with Crippen molar-refractivity contribution in [1.82, 2.24) is 9.55 Å². The van der Waals surface area contributed by atoms with Gasteiger partial charge in [0.2, 0.25) is 5.82 Å². The molecule has 1 aromatic carbocycles. The molecule has 0 amide bonds. The number of imidazole rings is 1. The lowest BCUT2D eigenvalue weighted by atomic mass is 10.3. The van der Waals surface area contributed by atoms with Crippen LogP contribution in [-0.4, -0.2) is 21.6 Å². The summed E-state index contributed by atoms with van der Waals surface area (Å²) in [5, 5.41) is 19.5. The van der Waals surface area contributed by atoms with Crippen LogP contribution < -0.4 is 0 Å². The van der Waals surface area contributed by atoms with Crippen LogP contribution in [-0.2, 0) is 11.5 Å². The summed E-state index contributed by atoms with van der Waals surface area (Å²) in [4.78, 5) is 14.1. The van der Waals surface area contributed by atoms with Gasteiger partial charge in [-0.05, 0) is 6.07 Å². The molecule has 0 spiro atoms. The van der Waals surface area contributed by atoms with E-state index in [1.165, 1.54) is 19.2 Å². The molecule has 0 bridgehead atoms. The van der Waals surface area contributed by atoms with E-state index in [1.807, 2.05) is 6.07 Å². The van der Waals surface area contributed by atoms with Gasteiger partial charge in [-0.1, -0.05) is 0 Å². The van der Waals surface area contributed by atoms with Crippen molar-refractivity contribution in [2.24, 2.45) is 0 Å². The number of benzene rings is 1. The Balaban J connectivity index is 2.66. The van der Waals surface area contributed by atoms with Crippen LogP contribution in [0.5, 0.6) is 0 Å². The fraction of sp³-hybridized carbons (Fsp3) is 0.200. The van der Waals surface area contributed by atoms with E-state index in [9.17, 15) is 10.1 Å². The van der Waals surface area contributed by atoms with Crippen LogP contribution in [0, 0.1) is 21.4 Å². The second-order valence-electron chi connectivity index (χ2n) is 3.32. The maximum absolute atomic E-state index is 10.6. The van der Waals surface area contributed by atoms with E-state index < -0.39 is 4.92 Å². The van der Waals surface area contributed by atoms with Crippen LogP contribution in [0.1, 0.15) is 5.82 Å². The number of nitrogens with zero attached hydrogens (tertiary/aromatic N) is 4. The van der Waals surface area contributed by atoms with Crippen molar-refractivity contribution >= 4 is 16.7 Å². The molecule has 0 radical (unpaired) electrons. The Hall–Kier alpha value is -2.46. The largest absolute Gasteiger partial charge is 0.364 e. The zero-order chi connectivity index (χ0) is 12.4. The van der Waals surface area contributed by atoms with Crippen LogP contribution in [0.4, 0.5) is 5.69 Å². The molecule has 0 saturated carbocycles. The van der Waals surface area contributed by atoms with E-state index >= 15 is 0 Å². The maximum Gasteiger partial charge on any atom is 0.271 e. The smallest absolute Gasteiger partial charge is 0.271 e. The van der Waals surface area contributed by atoms with Crippen molar-refractivity contribution in [1.29, 1.82) is 5.26 Å². The van der Waals surface area contributed by atoms with Crippen LogP contribution in [0.3, 0.4) is 0 Å². The lowest BCUT2D eigenvalue weighted by Gasteiger charge is -2.02. The minimum atomic E-state index is -0.499. The summed E-state index contributed by atoms with van der Waals surface area (Å²) in [6.07, 6.45) is 0. The van der Waals surface area contributed by atoms with Gasteiger partial charge in [-0.15, -0.1) is 0 Å². The average Bonchev–Trinajstić information content (AvgIpc) is 2.67. The number of non-ortho nitro benzene ring substituents is 1. The van der Waals surface area contributed by atoms with Crippen LogP contribution in [0.2, 0.25) is 0 Å². The van der Waals surface area contributed by atoms with Crippen molar-refractivity contribution < 1.29 is 9.66 Å². The molecule has 7 nitrogen and oxygen atoms in total. The molecule has 0 atom stereocenters. The number of rotatable bonds is 3. The summed E-state index contributed by atoms with van der Waals surface area (Å²) in [6.45, 7) is 0.178. The van der Waals surface area contributed by atoms with Gasteiger partial charge in [-0.3, -0.25) is 14.7 Å². The van der Waals surface area contributed by atoms with Crippen molar-refractivity contribution in [2.75, 3.05) is 7.11 Å². The van der Waals surface area contributed by atoms with Gasteiger partial charge in [0.15, 0.2) is 0 Å². The molecule has 0 unspecified atom stereocenters. The zero-order valence-corrected chi connectivity index (χ0v) is 8.95. The second kappa shape index (κ2) is 4.19. The van der Waals surface area contributed by atoms with E-state index in [1.54, 1.807) is 10.6 Å². The summed E-state index contributed by atoms with van der Waals surface area (Å²) in [7, 11) is 1.50. The van der Waals surface area contributed by atoms with E-state index in [-0.39, 0.29) is 18.2 Å². The fourth-order valence-electron chi connectivity index (χ4n) is 1.58. The third kappa shape index (κ3) is 1.81. The van der Waals surface area contributed by atoms with Gasteiger partial charge in [0.05, 0.1) is 16.0 Å². The Bertz CT molecular complexity index is 626. The van der Waals surface area contributed by atoms with E-state index in [4.69, 9.17) is 10.00 Å². The molecule has 17 heavy (non-hydrogen) atoms. The Morgan fingerprint density at radius 1 is 1.65 bits per heavy atom. The summed E-state index contributed by atoms with van der Waals surface area (Å²) < 4.78 is 6.51. The predicted octanol–water partition coefficient (Wildman–Crippen LogP) is 1.42. The van der Waals surface area contributed by atoms with Gasteiger partial charge in [0.1, 0.15) is 12.8 Å². The Morgan fingerprint density at radius 3 is 3.00 bits per heavy atom. The van der Waals surface area contributed by atoms with Crippen molar-refractivity contribution in [3.8, 4) is 6.07 Å². The number of hydrogen-bond acceptors (Lipinski definition) is 5. The van der Waals surface area contributed by atoms with Gasteiger partial charge in [-0.25, -0.2) is 4.98 Å². The summed E-state index contributed by atoms with van der Waals surface area (Å²) in [6, 6.07) is 6.18. The molecule has 0 aliphatic heterocycles. The normalized spacial score (nSPS) is 10.4. The number of hydrogen-bond donors (Lipinski definition) is 0. The topological polar surface area (TPSA) is 94.0 Å². The highest BCUT2D eigenvalue weighted by Gasteiger charge is 2.13. The first-order chi connectivity index (χ1) is 8.17. The molecular weight excluding hydrogens is 224 g/mol. The SMILES string of the molecule is COCn1c(C#N)nc2cc([N+](=O)[O-])ccc21. The molecule has 0 N–H and O–H groups in total. The molecule has 7 heteroatoms. The molecule has 86 valence electrons. The number of nitro benzene ring substituents is 1. The minimum Gasteiger partial charge on any atom is -0.364 e. The van der Waals surface area contributed by atoms with Gasteiger partial charge in [0.25, 0.3) is 5.69 Å². The van der Waals surface area contributed by atoms with Gasteiger partial charge < -0.3 is 4.74 Å². The molecule has 0 aliphatic rings. The van der Waals surface area contributed by atoms with Gasteiger partial charge >= 0.3 is 0 Å². The van der Waals surface area contributed by atoms with Crippen LogP contribution >= 0.6 is 0 Å². The molecular formula is C10H8N4O3. The Kier molecular flexibility index (Phi) is 2.72. The Morgan fingerprint density at radius 2 is 2.41 bits per heavy atom. The van der Waals surface area contributed by atoms with Crippen molar-refractivity contribution in [2.45, 2.75) is 6.73 Å². The first-order valence-electron chi connectivity index (χ1n) is 4.71. The molecule has 1 heterocycles. The highest BCUT2D eigenvalue weighted by molar-refractivity contribution is 5.79. The second-order valence-corrected chi connectivity index (χ2v) is 3.32. The summed E-state index contributed by atoms with van der Waals surface area (Å²) in [5.74, 6) is 0.169. The summed E-state index contributed by atoms with van der Waals surface area (Å²) >= 11 is 0. The molecule has 0 aliphatic carbocycles. The van der Waals surface area contributed by atoms with Gasteiger partial charge in [0, 0.05) is 19.2 Å². The number of nitriles is 1. The number of nitro groups is 1. The monoisotopic (exact) mass is 232 g/mol. The van der Waals surface area contributed by atoms with Crippen molar-refractivity contribution in [3.63, 3.8) is 0 Å². The molecule has 0 fully saturated rings. The maximum atomic E-state index is 10.6. The van der Waals surface area contributed by atoms with Crippen LogP contribution in [0.25, 0.3) is 11.0 Å². The molecule has 2 rings (SSSR count). The average molecular weight is 232 g/mol. The number of aromatic nitrogens is 2. The third-order valence-electron chi connectivity index (χ3n) is 2.30. The lowest BCUT2D eigenvalue weighted by molar-refractivity contribution is -0.384. The predicted molar refractivity (Wildman–Crippen MR) is 58.1 cm³/mol. The van der Waals surface area contributed by atoms with Crippen LogP contribution in [0.15, 0.2) is 18.2 Å². The van der Waals surface area contributed by atoms with E-state index in [2.05, 4.69) is 4.98 Å². The number of ether oxygens (including phenoxy) is 1. The first kappa shape index (κ1) is 11.0. The quantitative estimate of drug-likeness (QED) is 0.589. The fourth-order valence-corrected chi connectivity index (χ4v) is 1.58.